The summed E-state index contributed by atoms with van der Waals surface area (Å²) in [5.74, 6) is -1.80. The fourth-order valence-corrected chi connectivity index (χ4v) is 3.98. The van der Waals surface area contributed by atoms with E-state index in [-0.39, 0.29) is 16.0 Å². The van der Waals surface area contributed by atoms with Gasteiger partial charge in [-0.1, -0.05) is 29.8 Å². The number of aryl methyl sites for hydroxylation is 1. The molecule has 0 spiro atoms. The zero-order valence-corrected chi connectivity index (χ0v) is 15.3. The van der Waals surface area contributed by atoms with Gasteiger partial charge < -0.3 is 0 Å². The van der Waals surface area contributed by atoms with Crippen LogP contribution < -0.4 is 4.72 Å². The molecule has 1 atom stereocenters. The van der Waals surface area contributed by atoms with Gasteiger partial charge in [-0.05, 0) is 31.2 Å². The number of fused-ring (bicyclic) bond motifs is 1. The second-order valence-electron chi connectivity index (χ2n) is 6.30. The number of hydrogen-bond acceptors (Lipinski definition) is 4. The average Bonchev–Trinajstić information content (AvgIpc) is 2.86. The Morgan fingerprint density at radius 3 is 1.93 bits per heavy atom. The lowest BCUT2D eigenvalue weighted by Crippen LogP contribution is -2.53. The van der Waals surface area contributed by atoms with Crippen LogP contribution in [0.2, 0.25) is 0 Å². The molecule has 6 nitrogen and oxygen atoms in total. The molecule has 10 heteroatoms. The number of carbonyl (C=O) groups is 2. The minimum Gasteiger partial charge on any atom is -0.272 e. The third-order valence-corrected chi connectivity index (χ3v) is 5.75. The summed E-state index contributed by atoms with van der Waals surface area (Å²) in [5, 5.41) is 0. The molecule has 0 aromatic heterocycles. The Hall–Kier alpha value is -2.72. The number of benzene rings is 2. The van der Waals surface area contributed by atoms with Crippen LogP contribution in [0.5, 0.6) is 0 Å². The Balaban J connectivity index is 1.87. The van der Waals surface area contributed by atoms with Crippen molar-refractivity contribution in [3.8, 4) is 0 Å². The number of nitrogens with one attached hydrogen (secondary N) is 1. The van der Waals surface area contributed by atoms with E-state index in [0.717, 1.165) is 5.56 Å². The topological polar surface area (TPSA) is 83.6 Å². The molecule has 2 amide bonds. The molecule has 1 aliphatic heterocycles. The second-order valence-corrected chi connectivity index (χ2v) is 8.01. The van der Waals surface area contributed by atoms with Crippen LogP contribution in [0.4, 0.5) is 13.2 Å². The maximum atomic E-state index is 13.5. The smallest absolute Gasteiger partial charge is 0.272 e. The molecule has 148 valence electrons. The first-order valence-corrected chi connectivity index (χ1v) is 9.60. The van der Waals surface area contributed by atoms with Gasteiger partial charge in [0.05, 0.1) is 22.6 Å². The molecule has 0 fully saturated rings. The van der Waals surface area contributed by atoms with Gasteiger partial charge in [-0.15, -0.1) is 0 Å². The lowest BCUT2D eigenvalue weighted by atomic mass is 10.1. The molecule has 1 unspecified atom stereocenters. The molecule has 0 radical (unpaired) electrons. The van der Waals surface area contributed by atoms with Crippen molar-refractivity contribution in [2.45, 2.75) is 24.0 Å². The van der Waals surface area contributed by atoms with E-state index in [1.165, 1.54) is 48.5 Å². The lowest BCUT2D eigenvalue weighted by Gasteiger charge is -2.25. The Bertz CT molecular complexity index is 999. The van der Waals surface area contributed by atoms with Gasteiger partial charge in [0.1, 0.15) is 6.04 Å². The van der Waals surface area contributed by atoms with Crippen LogP contribution in [0, 0.1) is 6.92 Å². The van der Waals surface area contributed by atoms with Crippen molar-refractivity contribution in [2.75, 3.05) is 6.54 Å². The van der Waals surface area contributed by atoms with Gasteiger partial charge in [0.25, 0.3) is 11.8 Å². The lowest BCUT2D eigenvalue weighted by molar-refractivity contribution is -0.152. The van der Waals surface area contributed by atoms with E-state index in [4.69, 9.17) is 0 Å². The molecule has 1 heterocycles. The molecule has 0 saturated carbocycles. The van der Waals surface area contributed by atoms with Crippen LogP contribution >= 0.6 is 0 Å². The summed E-state index contributed by atoms with van der Waals surface area (Å²) in [5.41, 5.74) is 0.696. The van der Waals surface area contributed by atoms with Gasteiger partial charge in [-0.2, -0.15) is 17.9 Å². The largest absolute Gasteiger partial charge is 0.406 e. The molecular weight excluding hydrogens is 397 g/mol. The average molecular weight is 412 g/mol. The SMILES string of the molecule is Cc1ccc(S(=O)(=O)NC(CN2C(=O)c3ccccc3C2=O)C(F)(F)F)cc1. The normalized spacial score (nSPS) is 15.6. The number of sulfonamides is 1. The summed E-state index contributed by atoms with van der Waals surface area (Å²) in [6.07, 6.45) is -5.02. The predicted molar refractivity (Wildman–Crippen MR) is 93.2 cm³/mol. The molecule has 2 aromatic carbocycles. The molecular formula is C18H15F3N2O4S. The Morgan fingerprint density at radius 2 is 1.46 bits per heavy atom. The van der Waals surface area contributed by atoms with E-state index in [1.54, 1.807) is 11.6 Å². The number of imide groups is 1. The number of alkyl halides is 3. The van der Waals surface area contributed by atoms with E-state index in [9.17, 15) is 31.2 Å². The molecule has 1 aliphatic rings. The number of carbonyl (C=O) groups excluding carboxylic acids is 2. The van der Waals surface area contributed by atoms with Gasteiger partial charge in [-0.25, -0.2) is 8.42 Å². The van der Waals surface area contributed by atoms with E-state index >= 15 is 0 Å². The summed E-state index contributed by atoms with van der Waals surface area (Å²) in [6, 6.07) is 8.21. The number of hydrogen-bond donors (Lipinski definition) is 1. The summed E-state index contributed by atoms with van der Waals surface area (Å²) < 4.78 is 66.7. The number of amides is 2. The quantitative estimate of drug-likeness (QED) is 0.765. The number of nitrogens with zero attached hydrogens (tertiary/aromatic N) is 1. The zero-order valence-electron chi connectivity index (χ0n) is 14.5. The Kier molecular flexibility index (Phi) is 5.02. The fourth-order valence-electron chi connectivity index (χ4n) is 2.77. The van der Waals surface area contributed by atoms with Crippen molar-refractivity contribution in [1.82, 2.24) is 9.62 Å². The van der Waals surface area contributed by atoms with E-state index in [2.05, 4.69) is 0 Å². The molecule has 0 aliphatic carbocycles. The van der Waals surface area contributed by atoms with Crippen molar-refractivity contribution in [3.63, 3.8) is 0 Å². The summed E-state index contributed by atoms with van der Waals surface area (Å²) >= 11 is 0. The van der Waals surface area contributed by atoms with Gasteiger partial charge in [-0.3, -0.25) is 14.5 Å². The highest BCUT2D eigenvalue weighted by Crippen LogP contribution is 2.27. The monoisotopic (exact) mass is 412 g/mol. The summed E-state index contributed by atoms with van der Waals surface area (Å²) in [7, 11) is -4.52. The highest BCUT2D eigenvalue weighted by Gasteiger charge is 2.47. The van der Waals surface area contributed by atoms with E-state index < -0.39 is 40.6 Å². The number of rotatable bonds is 5. The maximum absolute atomic E-state index is 13.5. The van der Waals surface area contributed by atoms with Crippen LogP contribution in [0.15, 0.2) is 53.4 Å². The van der Waals surface area contributed by atoms with E-state index in [0.29, 0.717) is 4.90 Å². The molecule has 0 bridgehead atoms. The van der Waals surface area contributed by atoms with Crippen LogP contribution in [-0.2, 0) is 10.0 Å². The van der Waals surface area contributed by atoms with Crippen LogP contribution in [0.1, 0.15) is 26.3 Å². The molecule has 3 rings (SSSR count). The highest BCUT2D eigenvalue weighted by atomic mass is 32.2. The van der Waals surface area contributed by atoms with Gasteiger partial charge in [0.2, 0.25) is 10.0 Å². The standard InChI is InChI=1S/C18H15F3N2O4S/c1-11-6-8-12(9-7-11)28(26,27)22-15(18(19,20)21)10-23-16(24)13-4-2-3-5-14(13)17(23)25/h2-9,15,22H,10H2,1H3. The van der Waals surface area contributed by atoms with Gasteiger partial charge >= 0.3 is 6.18 Å². The van der Waals surface area contributed by atoms with Crippen molar-refractivity contribution >= 4 is 21.8 Å². The van der Waals surface area contributed by atoms with E-state index in [1.807, 2.05) is 0 Å². The third kappa shape index (κ3) is 3.78. The predicted octanol–water partition coefficient (Wildman–Crippen LogP) is 2.50. The first kappa shape index (κ1) is 20.0. The van der Waals surface area contributed by atoms with Crippen LogP contribution in [-0.4, -0.2) is 43.9 Å². The molecule has 28 heavy (non-hydrogen) atoms. The zero-order chi connectivity index (χ0) is 20.7. The highest BCUT2D eigenvalue weighted by molar-refractivity contribution is 7.89. The van der Waals surface area contributed by atoms with Gasteiger partial charge in [0, 0.05) is 0 Å². The molecule has 0 saturated heterocycles. The van der Waals surface area contributed by atoms with Crippen LogP contribution in [0.25, 0.3) is 0 Å². The fraction of sp³-hybridized carbons (Fsp3) is 0.222. The molecule has 1 N–H and O–H groups in total. The summed E-state index contributed by atoms with van der Waals surface area (Å²) in [4.78, 5) is 24.7. The first-order valence-electron chi connectivity index (χ1n) is 8.11. The minimum atomic E-state index is -5.02. The van der Waals surface area contributed by atoms with Crippen molar-refractivity contribution in [1.29, 1.82) is 0 Å². The molecule has 2 aromatic rings. The second kappa shape index (κ2) is 7.02. The third-order valence-electron chi connectivity index (χ3n) is 4.27. The Labute approximate surface area is 159 Å². The Morgan fingerprint density at radius 1 is 0.964 bits per heavy atom. The number of halogens is 3. The van der Waals surface area contributed by atoms with Crippen LogP contribution in [0.3, 0.4) is 0 Å². The minimum absolute atomic E-state index is 0.0187. The summed E-state index contributed by atoms with van der Waals surface area (Å²) in [6.45, 7) is 0.533. The van der Waals surface area contributed by atoms with Crippen molar-refractivity contribution in [3.05, 3.63) is 65.2 Å². The van der Waals surface area contributed by atoms with Crippen molar-refractivity contribution < 1.29 is 31.2 Å². The first-order chi connectivity index (χ1) is 13.0. The van der Waals surface area contributed by atoms with Gasteiger partial charge in [0.15, 0.2) is 0 Å². The van der Waals surface area contributed by atoms with Crippen molar-refractivity contribution in [2.24, 2.45) is 0 Å². The maximum Gasteiger partial charge on any atom is 0.406 e.